The number of amides is 4. The van der Waals surface area contributed by atoms with E-state index < -0.39 is 35.0 Å². The Labute approximate surface area is 267 Å². The summed E-state index contributed by atoms with van der Waals surface area (Å²) in [5.74, 6) is -3.76. The Morgan fingerprint density at radius 2 is 1.60 bits per heavy atom. The van der Waals surface area contributed by atoms with Gasteiger partial charge in [-0.2, -0.15) is 0 Å². The van der Waals surface area contributed by atoms with E-state index in [-0.39, 0.29) is 35.8 Å². The Morgan fingerprint density at radius 3 is 2.27 bits per heavy atom. The highest BCUT2D eigenvalue weighted by Gasteiger charge is 2.70. The quantitative estimate of drug-likeness (QED) is 0.269. The number of halogens is 1. The summed E-state index contributed by atoms with van der Waals surface area (Å²) < 4.78 is 0. The third-order valence-corrected chi connectivity index (χ3v) is 10.8. The smallest absolute Gasteiger partial charge is 0.246 e. The molecule has 3 fully saturated rings. The summed E-state index contributed by atoms with van der Waals surface area (Å²) in [6, 6.07) is 20.0. The van der Waals surface area contributed by atoms with E-state index in [9.17, 15) is 19.5 Å². The first-order valence-corrected chi connectivity index (χ1v) is 16.0. The first kappa shape index (κ1) is 29.5. The zero-order valence-electron chi connectivity index (χ0n) is 25.5. The molecule has 45 heavy (non-hydrogen) atoms. The van der Waals surface area contributed by atoms with Crippen LogP contribution in [0.5, 0.6) is 5.75 Å². The lowest BCUT2D eigenvalue weighted by Crippen LogP contribution is -2.53. The summed E-state index contributed by atoms with van der Waals surface area (Å²) in [6.07, 6.45) is 3.38. The number of hydrogen-bond donors (Lipinski definition) is 1. The summed E-state index contributed by atoms with van der Waals surface area (Å²) >= 11 is 6.37. The Morgan fingerprint density at radius 1 is 0.889 bits per heavy atom. The number of fused-ring (bicyclic) bond motifs is 4. The number of aryl methyl sites for hydroxylation is 2. The molecule has 7 rings (SSSR count). The van der Waals surface area contributed by atoms with E-state index in [0.717, 1.165) is 11.1 Å². The van der Waals surface area contributed by atoms with Crippen LogP contribution in [-0.4, -0.2) is 40.2 Å². The maximum Gasteiger partial charge on any atom is 0.246 e. The van der Waals surface area contributed by atoms with Gasteiger partial charge in [0.05, 0.1) is 28.9 Å². The van der Waals surface area contributed by atoms with Gasteiger partial charge < -0.3 is 5.11 Å². The minimum atomic E-state index is -1.33. The van der Waals surface area contributed by atoms with Crippen molar-refractivity contribution >= 4 is 40.9 Å². The molecule has 230 valence electrons. The maximum absolute atomic E-state index is 15.2. The molecule has 4 amide bonds. The second kappa shape index (κ2) is 10.7. The maximum atomic E-state index is 15.2. The van der Waals surface area contributed by atoms with Gasteiger partial charge in [0, 0.05) is 17.5 Å². The number of allylic oxidation sites excluding steroid dienone is 2. The summed E-state index contributed by atoms with van der Waals surface area (Å²) in [5.41, 5.74) is 2.80. The molecule has 6 atom stereocenters. The van der Waals surface area contributed by atoms with E-state index >= 15 is 4.79 Å². The topological polar surface area (TPSA) is 95.0 Å². The van der Waals surface area contributed by atoms with Crippen LogP contribution in [0.3, 0.4) is 0 Å². The number of benzene rings is 3. The molecule has 0 spiro atoms. The molecule has 0 aromatic heterocycles. The molecule has 3 aromatic carbocycles. The third kappa shape index (κ3) is 4.09. The Bertz CT molecular complexity index is 1780. The largest absolute Gasteiger partial charge is 0.507 e. The molecule has 2 heterocycles. The number of phenolic OH excluding ortho intramolecular Hbond substituents is 1. The molecule has 3 aromatic rings. The molecule has 2 aliphatic carbocycles. The van der Waals surface area contributed by atoms with Crippen molar-refractivity contribution in [1.82, 2.24) is 4.90 Å². The first-order chi connectivity index (χ1) is 21.6. The minimum Gasteiger partial charge on any atom is -0.507 e. The van der Waals surface area contributed by atoms with Crippen molar-refractivity contribution in [3.8, 4) is 5.75 Å². The standard InChI is InChI=1S/C37H35ClN2O5/c1-4-15-39-33(42)27-14-13-26-28(30(27)35(39)44)19-29-34(43)40(25-12-8-11-24(38)18-25)36(45)37(29,23-9-6-5-7-10-23)31(26)22-16-20(2)32(41)21(3)17-22/h5-13,16-18,27-31,41H,4,14-15,19H2,1-3H3. The number of phenols is 1. The molecular weight excluding hydrogens is 588 g/mol. The number of likely N-dealkylation sites (tertiary alicyclic amines) is 1. The average Bonchev–Trinajstić information content (AvgIpc) is 3.41. The number of carbonyl (C=O) groups is 4. The highest BCUT2D eigenvalue weighted by atomic mass is 35.5. The third-order valence-electron chi connectivity index (χ3n) is 10.6. The monoisotopic (exact) mass is 622 g/mol. The highest BCUT2D eigenvalue weighted by molar-refractivity contribution is 6.32. The first-order valence-electron chi connectivity index (χ1n) is 15.7. The summed E-state index contributed by atoms with van der Waals surface area (Å²) in [7, 11) is 0. The molecule has 4 aliphatic rings. The number of imide groups is 2. The number of hydrogen-bond acceptors (Lipinski definition) is 5. The van der Waals surface area contributed by atoms with E-state index in [1.807, 2.05) is 63.2 Å². The fourth-order valence-corrected chi connectivity index (χ4v) is 8.97. The predicted octanol–water partition coefficient (Wildman–Crippen LogP) is 6.23. The van der Waals surface area contributed by atoms with Crippen LogP contribution < -0.4 is 4.90 Å². The molecule has 2 aliphatic heterocycles. The second-order valence-electron chi connectivity index (χ2n) is 12.9. The van der Waals surface area contributed by atoms with Crippen LogP contribution in [0.15, 0.2) is 78.4 Å². The molecule has 7 nitrogen and oxygen atoms in total. The molecule has 0 radical (unpaired) electrons. The summed E-state index contributed by atoms with van der Waals surface area (Å²) in [6.45, 7) is 5.96. The number of carbonyl (C=O) groups excluding carboxylic acids is 4. The lowest BCUT2D eigenvalue weighted by molar-refractivity contribution is -0.140. The molecule has 8 heteroatoms. The van der Waals surface area contributed by atoms with Crippen molar-refractivity contribution in [2.24, 2.45) is 23.7 Å². The van der Waals surface area contributed by atoms with Crippen LogP contribution in [0.2, 0.25) is 5.02 Å². The number of aromatic hydroxyl groups is 1. The van der Waals surface area contributed by atoms with E-state index in [2.05, 4.69) is 6.08 Å². The van der Waals surface area contributed by atoms with Gasteiger partial charge in [0.15, 0.2) is 0 Å². The number of nitrogens with zero attached hydrogens (tertiary/aromatic N) is 2. The van der Waals surface area contributed by atoms with Crippen molar-refractivity contribution in [3.05, 3.63) is 106 Å². The fourth-order valence-electron chi connectivity index (χ4n) is 8.78. The Balaban J connectivity index is 1.51. The van der Waals surface area contributed by atoms with Crippen LogP contribution in [0, 0.1) is 37.5 Å². The lowest BCUT2D eigenvalue weighted by Gasteiger charge is -2.51. The Kier molecular flexibility index (Phi) is 7.00. The van der Waals surface area contributed by atoms with Gasteiger partial charge in [-0.3, -0.25) is 24.1 Å². The summed E-state index contributed by atoms with van der Waals surface area (Å²) in [5, 5.41) is 11.2. The molecule has 2 saturated heterocycles. The van der Waals surface area contributed by atoms with Crippen molar-refractivity contribution in [1.29, 1.82) is 0 Å². The second-order valence-corrected chi connectivity index (χ2v) is 13.4. The molecule has 0 bridgehead atoms. The predicted molar refractivity (Wildman–Crippen MR) is 171 cm³/mol. The van der Waals surface area contributed by atoms with Gasteiger partial charge in [-0.1, -0.05) is 78.7 Å². The minimum absolute atomic E-state index is 0.149. The van der Waals surface area contributed by atoms with E-state index in [4.69, 9.17) is 11.6 Å². The highest BCUT2D eigenvalue weighted by Crippen LogP contribution is 2.64. The SMILES string of the molecule is CCCN1C(=O)C2CC=C3C(CC4C(=O)N(c5cccc(Cl)c5)C(=O)C4(c4ccccc4)C3c3cc(C)c(O)c(C)c3)C2C1=O. The van der Waals surface area contributed by atoms with Crippen molar-refractivity contribution in [3.63, 3.8) is 0 Å². The van der Waals surface area contributed by atoms with Crippen LogP contribution in [0.1, 0.15) is 54.4 Å². The zero-order valence-corrected chi connectivity index (χ0v) is 26.3. The van der Waals surface area contributed by atoms with Crippen LogP contribution >= 0.6 is 11.6 Å². The van der Waals surface area contributed by atoms with E-state index in [1.54, 1.807) is 24.3 Å². The molecular formula is C37H35ClN2O5. The number of anilines is 1. The molecule has 1 N–H and O–H groups in total. The summed E-state index contributed by atoms with van der Waals surface area (Å²) in [4.78, 5) is 60.1. The van der Waals surface area contributed by atoms with Gasteiger partial charge in [-0.15, -0.1) is 0 Å². The van der Waals surface area contributed by atoms with Crippen molar-refractivity contribution in [2.45, 2.75) is 51.4 Å². The van der Waals surface area contributed by atoms with Crippen LogP contribution in [-0.2, 0) is 24.6 Å². The van der Waals surface area contributed by atoms with Gasteiger partial charge in [0.1, 0.15) is 5.75 Å². The van der Waals surface area contributed by atoms with Gasteiger partial charge >= 0.3 is 0 Å². The van der Waals surface area contributed by atoms with Crippen molar-refractivity contribution < 1.29 is 24.3 Å². The normalized spacial score (nSPS) is 29.1. The molecule has 6 unspecified atom stereocenters. The van der Waals surface area contributed by atoms with Gasteiger partial charge in [-0.05, 0) is 79.5 Å². The van der Waals surface area contributed by atoms with Crippen LogP contribution in [0.25, 0.3) is 0 Å². The van der Waals surface area contributed by atoms with Gasteiger partial charge in [0.25, 0.3) is 0 Å². The Hall–Kier alpha value is -4.23. The fraction of sp³-hybridized carbons (Fsp3) is 0.351. The lowest BCUT2D eigenvalue weighted by atomic mass is 9.49. The van der Waals surface area contributed by atoms with E-state index in [0.29, 0.717) is 46.8 Å². The zero-order chi connectivity index (χ0) is 31.8. The number of rotatable bonds is 5. The van der Waals surface area contributed by atoms with Crippen LogP contribution in [0.4, 0.5) is 5.69 Å². The molecule has 1 saturated carbocycles. The van der Waals surface area contributed by atoms with Gasteiger partial charge in [-0.25, -0.2) is 4.90 Å². The average molecular weight is 623 g/mol. The van der Waals surface area contributed by atoms with Gasteiger partial charge in [0.2, 0.25) is 23.6 Å². The van der Waals surface area contributed by atoms with E-state index in [1.165, 1.54) is 9.80 Å². The van der Waals surface area contributed by atoms with Crippen molar-refractivity contribution in [2.75, 3.05) is 11.4 Å².